The molecule has 5 heteroatoms. The lowest BCUT2D eigenvalue weighted by atomic mass is 10.3. The Balaban J connectivity index is 1.81. The summed E-state index contributed by atoms with van der Waals surface area (Å²) < 4.78 is 2.36. The number of likely N-dealkylation sites (N-methyl/N-ethyl adjacent to an activating group) is 1. The van der Waals surface area contributed by atoms with Crippen molar-refractivity contribution in [1.29, 1.82) is 0 Å². The number of fused-ring (bicyclic) bond motifs is 1. The van der Waals surface area contributed by atoms with Crippen LogP contribution in [0.3, 0.4) is 0 Å². The Kier molecular flexibility index (Phi) is 7.18. The molecular formula is C22H30N4S. The lowest BCUT2D eigenvalue weighted by Gasteiger charge is -2.19. The fourth-order valence-corrected chi connectivity index (χ4v) is 4.07. The van der Waals surface area contributed by atoms with E-state index in [0.29, 0.717) is 0 Å². The Bertz CT molecular complexity index is 837. The van der Waals surface area contributed by atoms with E-state index < -0.39 is 0 Å². The summed E-state index contributed by atoms with van der Waals surface area (Å²) in [5.74, 6) is 0. The molecule has 0 fully saturated rings. The molecular weight excluding hydrogens is 352 g/mol. The second-order valence-electron chi connectivity index (χ2n) is 6.61. The van der Waals surface area contributed by atoms with E-state index in [9.17, 15) is 0 Å². The minimum Gasteiger partial charge on any atom is -0.385 e. The molecule has 0 aliphatic heterocycles. The zero-order valence-corrected chi connectivity index (χ0v) is 17.4. The fraction of sp³-hybridized carbons (Fsp3) is 0.409. The Hall–Kier alpha value is -1.98. The summed E-state index contributed by atoms with van der Waals surface area (Å²) in [6, 6.07) is 17.1. The van der Waals surface area contributed by atoms with Gasteiger partial charge in [-0.3, -0.25) is 0 Å². The molecule has 3 aromatic rings. The van der Waals surface area contributed by atoms with Gasteiger partial charge in [0, 0.05) is 30.2 Å². The zero-order chi connectivity index (χ0) is 19.1. The van der Waals surface area contributed by atoms with Gasteiger partial charge in [-0.1, -0.05) is 44.7 Å². The first-order valence-corrected chi connectivity index (χ1v) is 10.8. The van der Waals surface area contributed by atoms with Crippen LogP contribution >= 0.6 is 11.8 Å². The van der Waals surface area contributed by atoms with Gasteiger partial charge in [0.15, 0.2) is 5.16 Å². The topological polar surface area (TPSA) is 33.1 Å². The molecule has 4 nitrogen and oxygen atoms in total. The maximum absolute atomic E-state index is 4.90. The molecule has 0 bridgehead atoms. The van der Waals surface area contributed by atoms with Crippen molar-refractivity contribution in [3.05, 3.63) is 48.5 Å². The molecule has 0 saturated heterocycles. The Morgan fingerprint density at radius 1 is 1.00 bits per heavy atom. The third-order valence-corrected chi connectivity index (χ3v) is 5.80. The van der Waals surface area contributed by atoms with E-state index in [2.05, 4.69) is 84.1 Å². The van der Waals surface area contributed by atoms with E-state index in [0.717, 1.165) is 49.8 Å². The molecule has 3 rings (SSSR count). The number of nitrogens with one attached hydrogen (secondary N) is 1. The van der Waals surface area contributed by atoms with Gasteiger partial charge in [-0.15, -0.1) is 0 Å². The number of anilines is 1. The number of hydrogen-bond donors (Lipinski definition) is 1. The molecule has 1 aromatic heterocycles. The summed E-state index contributed by atoms with van der Waals surface area (Å²) in [6.45, 7) is 11.8. The highest BCUT2D eigenvalue weighted by molar-refractivity contribution is 7.99. The lowest BCUT2D eigenvalue weighted by Crippen LogP contribution is -2.27. The number of imidazole rings is 1. The molecule has 0 amide bonds. The van der Waals surface area contributed by atoms with Gasteiger partial charge in [0.25, 0.3) is 0 Å². The Morgan fingerprint density at radius 3 is 2.44 bits per heavy atom. The summed E-state index contributed by atoms with van der Waals surface area (Å²) in [5, 5.41) is 4.50. The highest BCUT2D eigenvalue weighted by Crippen LogP contribution is 2.31. The first kappa shape index (κ1) is 19.8. The zero-order valence-electron chi connectivity index (χ0n) is 16.6. The van der Waals surface area contributed by atoms with Crippen molar-refractivity contribution < 1.29 is 0 Å². The van der Waals surface area contributed by atoms with Crippen LogP contribution in [0.25, 0.3) is 11.0 Å². The van der Waals surface area contributed by atoms with E-state index in [1.807, 2.05) is 0 Å². The third kappa shape index (κ3) is 5.05. The van der Waals surface area contributed by atoms with Gasteiger partial charge in [-0.25, -0.2) is 4.98 Å². The van der Waals surface area contributed by atoms with Crippen LogP contribution in [0.4, 0.5) is 5.69 Å². The summed E-state index contributed by atoms with van der Waals surface area (Å²) in [6.07, 6.45) is 1.13. The van der Waals surface area contributed by atoms with Crippen LogP contribution in [0.2, 0.25) is 0 Å². The van der Waals surface area contributed by atoms with Crippen molar-refractivity contribution in [1.82, 2.24) is 14.5 Å². The molecule has 1 heterocycles. The molecule has 0 saturated carbocycles. The van der Waals surface area contributed by atoms with Crippen LogP contribution in [-0.2, 0) is 6.54 Å². The molecule has 0 radical (unpaired) electrons. The van der Waals surface area contributed by atoms with Crippen LogP contribution in [0.15, 0.2) is 58.6 Å². The Labute approximate surface area is 167 Å². The van der Waals surface area contributed by atoms with Crippen LogP contribution in [0.1, 0.15) is 27.2 Å². The third-order valence-electron chi connectivity index (χ3n) is 4.80. The predicted molar refractivity (Wildman–Crippen MR) is 117 cm³/mol. The number of benzene rings is 2. The second kappa shape index (κ2) is 9.81. The molecule has 0 unspecified atom stereocenters. The molecule has 27 heavy (non-hydrogen) atoms. The summed E-state index contributed by atoms with van der Waals surface area (Å²) >= 11 is 1.74. The van der Waals surface area contributed by atoms with E-state index >= 15 is 0 Å². The number of aromatic nitrogens is 2. The highest BCUT2D eigenvalue weighted by Gasteiger charge is 2.13. The quantitative estimate of drug-likeness (QED) is 0.512. The first-order valence-electron chi connectivity index (χ1n) is 9.94. The molecule has 0 aliphatic rings. The van der Waals surface area contributed by atoms with Crippen LogP contribution in [0, 0.1) is 0 Å². The van der Waals surface area contributed by atoms with Crippen molar-refractivity contribution in [2.75, 3.05) is 31.5 Å². The number of nitrogens with zero attached hydrogens (tertiary/aromatic N) is 3. The summed E-state index contributed by atoms with van der Waals surface area (Å²) in [4.78, 5) is 8.58. The van der Waals surface area contributed by atoms with Gasteiger partial charge in [-0.05, 0) is 55.9 Å². The molecule has 1 N–H and O–H groups in total. The molecule has 0 spiro atoms. The van der Waals surface area contributed by atoms with Gasteiger partial charge < -0.3 is 14.8 Å². The van der Waals surface area contributed by atoms with Gasteiger partial charge in [0.05, 0.1) is 11.0 Å². The first-order chi connectivity index (χ1) is 13.2. The molecule has 0 aliphatic carbocycles. The summed E-state index contributed by atoms with van der Waals surface area (Å²) in [5.41, 5.74) is 3.46. The molecule has 0 atom stereocenters. The van der Waals surface area contributed by atoms with Crippen LogP contribution < -0.4 is 5.32 Å². The van der Waals surface area contributed by atoms with Crippen LogP contribution in [-0.4, -0.2) is 40.6 Å². The Morgan fingerprint density at radius 2 is 1.74 bits per heavy atom. The van der Waals surface area contributed by atoms with E-state index in [1.54, 1.807) is 11.8 Å². The van der Waals surface area contributed by atoms with Crippen molar-refractivity contribution in [3.8, 4) is 0 Å². The second-order valence-corrected chi connectivity index (χ2v) is 7.66. The van der Waals surface area contributed by atoms with Crippen molar-refractivity contribution in [2.24, 2.45) is 0 Å². The largest absolute Gasteiger partial charge is 0.385 e. The molecule has 2 aromatic carbocycles. The lowest BCUT2D eigenvalue weighted by molar-refractivity contribution is 0.288. The van der Waals surface area contributed by atoms with Gasteiger partial charge >= 0.3 is 0 Å². The average molecular weight is 383 g/mol. The normalized spacial score (nSPS) is 11.4. The monoisotopic (exact) mass is 382 g/mol. The van der Waals surface area contributed by atoms with E-state index in [-0.39, 0.29) is 0 Å². The minimum absolute atomic E-state index is 0.959. The van der Waals surface area contributed by atoms with E-state index in [4.69, 9.17) is 4.98 Å². The van der Waals surface area contributed by atoms with Gasteiger partial charge in [0.2, 0.25) is 0 Å². The highest BCUT2D eigenvalue weighted by atomic mass is 32.2. The molecule has 144 valence electrons. The number of rotatable bonds is 10. The average Bonchev–Trinajstić information content (AvgIpc) is 3.05. The van der Waals surface area contributed by atoms with Crippen molar-refractivity contribution in [3.63, 3.8) is 0 Å². The van der Waals surface area contributed by atoms with E-state index in [1.165, 1.54) is 16.1 Å². The minimum atomic E-state index is 0.959. The smallest absolute Gasteiger partial charge is 0.173 e. The maximum atomic E-state index is 4.90. The fourth-order valence-electron chi connectivity index (χ4n) is 3.14. The number of hydrogen-bond acceptors (Lipinski definition) is 4. The SMILES string of the molecule is CCCNc1ccc(Sc2nc3ccccc3n2CCN(CC)CC)cc1. The maximum Gasteiger partial charge on any atom is 0.173 e. The van der Waals surface area contributed by atoms with Crippen molar-refractivity contribution >= 4 is 28.5 Å². The number of para-hydroxylation sites is 2. The van der Waals surface area contributed by atoms with Crippen LogP contribution in [0.5, 0.6) is 0 Å². The summed E-state index contributed by atoms with van der Waals surface area (Å²) in [7, 11) is 0. The predicted octanol–water partition coefficient (Wildman–Crippen LogP) is 5.35. The van der Waals surface area contributed by atoms with Gasteiger partial charge in [0.1, 0.15) is 0 Å². The van der Waals surface area contributed by atoms with Gasteiger partial charge in [-0.2, -0.15) is 0 Å². The van der Waals surface area contributed by atoms with Crippen molar-refractivity contribution in [2.45, 2.75) is 43.8 Å². The standard InChI is InChI=1S/C22H30N4S/c1-4-15-23-18-11-13-19(14-12-18)27-22-24-20-9-7-8-10-21(20)26(22)17-16-25(5-2)6-3/h7-14,23H,4-6,15-17H2,1-3H3.